The number of amides is 1. The molecule has 0 saturated carbocycles. The van der Waals surface area contributed by atoms with E-state index in [1.54, 1.807) is 24.3 Å². The summed E-state index contributed by atoms with van der Waals surface area (Å²) in [7, 11) is 1.48. The van der Waals surface area contributed by atoms with Gasteiger partial charge in [0.1, 0.15) is 18.0 Å². The first-order chi connectivity index (χ1) is 10.0. The number of carboxylic acids is 1. The highest BCUT2D eigenvalue weighted by Gasteiger charge is 2.15. The smallest absolute Gasteiger partial charge is 0.323 e. The first-order valence-corrected chi connectivity index (χ1v) is 6.41. The van der Waals surface area contributed by atoms with E-state index in [0.29, 0.717) is 16.5 Å². The van der Waals surface area contributed by atoms with Crippen LogP contribution >= 0.6 is 11.6 Å². The number of benzene rings is 1. The van der Waals surface area contributed by atoms with E-state index < -0.39 is 11.9 Å². The predicted octanol–water partition coefficient (Wildman–Crippen LogP) is 2.49. The van der Waals surface area contributed by atoms with E-state index in [-0.39, 0.29) is 12.2 Å². The molecule has 110 valence electrons. The first-order valence-electron chi connectivity index (χ1n) is 6.03. The molecule has 1 heterocycles. The van der Waals surface area contributed by atoms with Gasteiger partial charge in [0.05, 0.1) is 12.8 Å². The van der Waals surface area contributed by atoms with Crippen molar-refractivity contribution in [2.75, 3.05) is 12.4 Å². The molecule has 6 nitrogen and oxygen atoms in total. The van der Waals surface area contributed by atoms with E-state index in [0.717, 1.165) is 0 Å². The number of rotatable bonds is 5. The van der Waals surface area contributed by atoms with Gasteiger partial charge in [0.15, 0.2) is 0 Å². The Labute approximate surface area is 125 Å². The summed E-state index contributed by atoms with van der Waals surface area (Å²) in [5.41, 5.74) is 0.650. The number of carbonyl (C=O) groups is 2. The summed E-state index contributed by atoms with van der Waals surface area (Å²) in [6.45, 7) is -0.289. The van der Waals surface area contributed by atoms with Crippen LogP contribution in [0.1, 0.15) is 10.5 Å². The number of nitrogens with zero attached hydrogens (tertiary/aromatic N) is 1. The molecule has 0 spiro atoms. The van der Waals surface area contributed by atoms with Crippen molar-refractivity contribution in [3.8, 4) is 5.75 Å². The third-order valence-electron chi connectivity index (χ3n) is 2.78. The molecule has 0 unspecified atom stereocenters. The number of carboxylic acid groups (broad SMARTS) is 1. The molecule has 2 aromatic rings. The zero-order valence-corrected chi connectivity index (χ0v) is 11.9. The Kier molecular flexibility index (Phi) is 4.49. The first kappa shape index (κ1) is 14.9. The minimum Gasteiger partial charge on any atom is -0.495 e. The lowest BCUT2D eigenvalue weighted by Crippen LogP contribution is -2.19. The summed E-state index contributed by atoms with van der Waals surface area (Å²) < 4.78 is 6.48. The molecule has 7 heteroatoms. The van der Waals surface area contributed by atoms with Crippen molar-refractivity contribution in [2.45, 2.75) is 6.54 Å². The highest BCUT2D eigenvalue weighted by atomic mass is 35.5. The molecular formula is C14H13ClN2O4. The summed E-state index contributed by atoms with van der Waals surface area (Å²) >= 11 is 5.89. The van der Waals surface area contributed by atoms with Crippen LogP contribution in [-0.4, -0.2) is 28.7 Å². The quantitative estimate of drug-likeness (QED) is 0.889. The number of carbonyl (C=O) groups excluding carboxylic acids is 1. The van der Waals surface area contributed by atoms with Crippen LogP contribution in [-0.2, 0) is 11.3 Å². The van der Waals surface area contributed by atoms with Gasteiger partial charge in [0.25, 0.3) is 5.91 Å². The Morgan fingerprint density at radius 2 is 2.14 bits per heavy atom. The number of hydrogen-bond acceptors (Lipinski definition) is 3. The zero-order chi connectivity index (χ0) is 15.4. The van der Waals surface area contributed by atoms with E-state index in [1.807, 2.05) is 0 Å². The normalized spacial score (nSPS) is 10.2. The molecular weight excluding hydrogens is 296 g/mol. The number of anilines is 1. The monoisotopic (exact) mass is 308 g/mol. The maximum atomic E-state index is 12.2. The molecule has 0 fully saturated rings. The van der Waals surface area contributed by atoms with Gasteiger partial charge in [-0.15, -0.1) is 0 Å². The summed E-state index contributed by atoms with van der Waals surface area (Å²) in [5.74, 6) is -1.01. The highest BCUT2D eigenvalue weighted by Crippen LogP contribution is 2.28. The van der Waals surface area contributed by atoms with E-state index in [9.17, 15) is 9.59 Å². The number of aromatic nitrogens is 1. The molecule has 1 amide bonds. The van der Waals surface area contributed by atoms with Gasteiger partial charge < -0.3 is 19.7 Å². The van der Waals surface area contributed by atoms with Crippen LogP contribution in [0.15, 0.2) is 36.5 Å². The lowest BCUT2D eigenvalue weighted by atomic mass is 10.2. The van der Waals surface area contributed by atoms with Crippen LogP contribution in [0.3, 0.4) is 0 Å². The zero-order valence-electron chi connectivity index (χ0n) is 11.2. The average Bonchev–Trinajstić information content (AvgIpc) is 2.86. The molecule has 0 aliphatic rings. The van der Waals surface area contributed by atoms with E-state index >= 15 is 0 Å². The third-order valence-corrected chi connectivity index (χ3v) is 3.01. The Morgan fingerprint density at radius 3 is 2.81 bits per heavy atom. The topological polar surface area (TPSA) is 80.6 Å². The summed E-state index contributed by atoms with van der Waals surface area (Å²) in [6.07, 6.45) is 1.53. The van der Waals surface area contributed by atoms with Crippen LogP contribution in [0, 0.1) is 0 Å². The van der Waals surface area contributed by atoms with Crippen LogP contribution < -0.4 is 10.1 Å². The number of hydrogen-bond donors (Lipinski definition) is 2. The number of ether oxygens (including phenoxy) is 1. The standard InChI is InChI=1S/C14H13ClN2O4/c1-21-12-5-4-9(15)7-10(12)16-14(20)11-3-2-6-17(11)8-13(18)19/h2-7H,8H2,1H3,(H,16,20)(H,18,19). The molecule has 0 bridgehead atoms. The summed E-state index contributed by atoms with van der Waals surface area (Å²) in [4.78, 5) is 23.0. The molecule has 21 heavy (non-hydrogen) atoms. The number of halogens is 1. The molecule has 1 aromatic carbocycles. The van der Waals surface area contributed by atoms with E-state index in [2.05, 4.69) is 5.32 Å². The molecule has 0 aliphatic carbocycles. The molecule has 0 saturated heterocycles. The Hall–Kier alpha value is -2.47. The third kappa shape index (κ3) is 3.55. The molecule has 2 rings (SSSR count). The molecule has 1 aromatic heterocycles. The SMILES string of the molecule is COc1ccc(Cl)cc1NC(=O)c1cccn1CC(=O)O. The predicted molar refractivity (Wildman–Crippen MR) is 78.0 cm³/mol. The second kappa shape index (κ2) is 6.32. The van der Waals surface area contributed by atoms with Crippen molar-refractivity contribution in [3.63, 3.8) is 0 Å². The fourth-order valence-electron chi connectivity index (χ4n) is 1.87. The summed E-state index contributed by atoms with van der Waals surface area (Å²) in [6, 6.07) is 7.97. The molecule has 0 aliphatic heterocycles. The molecule has 0 radical (unpaired) electrons. The van der Waals surface area contributed by atoms with Crippen LogP contribution in [0.25, 0.3) is 0 Å². The van der Waals surface area contributed by atoms with Gasteiger partial charge in [-0.25, -0.2) is 0 Å². The lowest BCUT2D eigenvalue weighted by molar-refractivity contribution is -0.137. The minimum absolute atomic E-state index is 0.236. The molecule has 2 N–H and O–H groups in total. The van der Waals surface area contributed by atoms with Gasteiger partial charge in [-0.2, -0.15) is 0 Å². The maximum Gasteiger partial charge on any atom is 0.323 e. The van der Waals surface area contributed by atoms with Gasteiger partial charge >= 0.3 is 5.97 Å². The van der Waals surface area contributed by atoms with E-state index in [1.165, 1.54) is 23.9 Å². The average molecular weight is 309 g/mol. The van der Waals surface area contributed by atoms with Crippen LogP contribution in [0.4, 0.5) is 5.69 Å². The Morgan fingerprint density at radius 1 is 1.38 bits per heavy atom. The van der Waals surface area contributed by atoms with E-state index in [4.69, 9.17) is 21.4 Å². The fourth-order valence-corrected chi connectivity index (χ4v) is 2.04. The van der Waals surface area contributed by atoms with Crippen LogP contribution in [0.5, 0.6) is 5.75 Å². The second-order valence-corrected chi connectivity index (χ2v) is 4.65. The van der Waals surface area contributed by atoms with Gasteiger partial charge in [-0.3, -0.25) is 9.59 Å². The minimum atomic E-state index is -1.03. The van der Waals surface area contributed by atoms with Crippen LogP contribution in [0.2, 0.25) is 5.02 Å². The largest absolute Gasteiger partial charge is 0.495 e. The van der Waals surface area contributed by atoms with Crippen molar-refractivity contribution in [3.05, 3.63) is 47.2 Å². The van der Waals surface area contributed by atoms with Gasteiger partial charge in [0.2, 0.25) is 0 Å². The lowest BCUT2D eigenvalue weighted by Gasteiger charge is -2.11. The molecule has 0 atom stereocenters. The highest BCUT2D eigenvalue weighted by molar-refractivity contribution is 6.31. The van der Waals surface area contributed by atoms with Crippen molar-refractivity contribution < 1.29 is 19.4 Å². The number of nitrogens with one attached hydrogen (secondary N) is 1. The Bertz CT molecular complexity index is 681. The number of aliphatic carboxylic acids is 1. The summed E-state index contributed by atoms with van der Waals surface area (Å²) in [5, 5.41) is 11.9. The Balaban J connectivity index is 2.24. The van der Waals surface area contributed by atoms with Crippen molar-refractivity contribution in [1.29, 1.82) is 0 Å². The van der Waals surface area contributed by atoms with Gasteiger partial charge in [-0.05, 0) is 30.3 Å². The van der Waals surface area contributed by atoms with Crippen molar-refractivity contribution in [2.24, 2.45) is 0 Å². The van der Waals surface area contributed by atoms with Crippen molar-refractivity contribution >= 4 is 29.2 Å². The maximum absolute atomic E-state index is 12.2. The number of methoxy groups -OCH3 is 1. The van der Waals surface area contributed by atoms with Gasteiger partial charge in [0, 0.05) is 11.2 Å². The van der Waals surface area contributed by atoms with Gasteiger partial charge in [-0.1, -0.05) is 11.6 Å². The van der Waals surface area contributed by atoms with Crippen molar-refractivity contribution in [1.82, 2.24) is 4.57 Å². The fraction of sp³-hybridized carbons (Fsp3) is 0.143. The second-order valence-electron chi connectivity index (χ2n) is 4.21.